The fraction of sp³-hybridized carbons (Fsp3) is 0.182. The van der Waals surface area contributed by atoms with Crippen LogP contribution in [0.25, 0.3) is 0 Å². The molecule has 0 N–H and O–H groups in total. The number of carbonyl (C=O) groups excluding carboxylic acids is 2. The number of nitrogens with zero attached hydrogens (tertiary/aromatic N) is 1. The first kappa shape index (κ1) is 12.2. The lowest BCUT2D eigenvalue weighted by Crippen LogP contribution is -2.23. The van der Waals surface area contributed by atoms with Gasteiger partial charge in [0.2, 0.25) is 5.92 Å². The maximum atomic E-state index is 11.7. The van der Waals surface area contributed by atoms with Crippen LogP contribution in [-0.4, -0.2) is 18.9 Å². The minimum atomic E-state index is -1.42. The van der Waals surface area contributed by atoms with Gasteiger partial charge >= 0.3 is 5.97 Å². The quantitative estimate of drug-likeness (QED) is 0.457. The molecule has 0 saturated carbocycles. The molecule has 1 aromatic rings. The minimum Gasteiger partial charge on any atom is -0.468 e. The lowest BCUT2D eigenvalue weighted by atomic mass is 9.99. The fourth-order valence-electron chi connectivity index (χ4n) is 1.12. The molecule has 0 heterocycles. The van der Waals surface area contributed by atoms with E-state index in [2.05, 4.69) is 4.74 Å². The van der Waals surface area contributed by atoms with Gasteiger partial charge in [-0.2, -0.15) is 5.26 Å². The number of halogens is 1. The van der Waals surface area contributed by atoms with E-state index in [1.807, 2.05) is 0 Å². The molecule has 0 aliphatic rings. The average Bonchev–Trinajstić information content (AvgIpc) is 2.30. The molecule has 0 fully saturated rings. The van der Waals surface area contributed by atoms with Gasteiger partial charge in [0.1, 0.15) is 0 Å². The van der Waals surface area contributed by atoms with Crippen molar-refractivity contribution in [2.45, 2.75) is 0 Å². The molecule has 0 spiro atoms. The number of esters is 1. The van der Waals surface area contributed by atoms with Crippen LogP contribution >= 0.6 is 11.6 Å². The molecule has 0 radical (unpaired) electrons. The Hall–Kier alpha value is -1.86. The summed E-state index contributed by atoms with van der Waals surface area (Å²) in [7, 11) is 1.13. The molecule has 0 saturated heterocycles. The number of methoxy groups -OCH3 is 1. The monoisotopic (exact) mass is 237 g/mol. The second-order valence-electron chi connectivity index (χ2n) is 2.96. The summed E-state index contributed by atoms with van der Waals surface area (Å²) in [6, 6.07) is 7.55. The number of benzene rings is 1. The number of ketones is 1. The van der Waals surface area contributed by atoms with Crippen molar-refractivity contribution >= 4 is 23.4 Å². The SMILES string of the molecule is COC(=O)[C@@H](C#N)C(=O)c1ccc(Cl)cc1. The maximum Gasteiger partial charge on any atom is 0.331 e. The first-order valence-corrected chi connectivity index (χ1v) is 4.75. The first-order chi connectivity index (χ1) is 7.60. The van der Waals surface area contributed by atoms with E-state index in [4.69, 9.17) is 16.9 Å². The topological polar surface area (TPSA) is 67.2 Å². The number of carbonyl (C=O) groups is 2. The molecule has 0 aliphatic carbocycles. The van der Waals surface area contributed by atoms with Crippen LogP contribution in [0.15, 0.2) is 24.3 Å². The van der Waals surface area contributed by atoms with Crippen molar-refractivity contribution in [2.75, 3.05) is 7.11 Å². The molecule has 0 amide bonds. The van der Waals surface area contributed by atoms with Crippen LogP contribution in [-0.2, 0) is 9.53 Å². The Morgan fingerprint density at radius 1 is 1.38 bits per heavy atom. The van der Waals surface area contributed by atoms with E-state index < -0.39 is 17.7 Å². The summed E-state index contributed by atoms with van der Waals surface area (Å²) in [4.78, 5) is 22.9. The zero-order valence-electron chi connectivity index (χ0n) is 8.44. The van der Waals surface area contributed by atoms with E-state index in [0.29, 0.717) is 5.02 Å². The molecule has 0 bridgehead atoms. The van der Waals surface area contributed by atoms with Gasteiger partial charge in [-0.15, -0.1) is 0 Å². The maximum absolute atomic E-state index is 11.7. The van der Waals surface area contributed by atoms with Crippen LogP contribution in [0.5, 0.6) is 0 Å². The van der Waals surface area contributed by atoms with E-state index in [9.17, 15) is 9.59 Å². The summed E-state index contributed by atoms with van der Waals surface area (Å²) < 4.78 is 4.36. The summed E-state index contributed by atoms with van der Waals surface area (Å²) in [6.07, 6.45) is 0. The number of hydrogen-bond acceptors (Lipinski definition) is 4. The number of hydrogen-bond donors (Lipinski definition) is 0. The van der Waals surface area contributed by atoms with E-state index in [-0.39, 0.29) is 5.56 Å². The van der Waals surface area contributed by atoms with Gasteiger partial charge in [0.15, 0.2) is 5.78 Å². The van der Waals surface area contributed by atoms with Gasteiger partial charge in [-0.3, -0.25) is 9.59 Å². The Balaban J connectivity index is 2.97. The Bertz CT molecular complexity index is 447. The predicted octanol–water partition coefficient (Wildman–Crippen LogP) is 1.84. The van der Waals surface area contributed by atoms with E-state index in [1.54, 1.807) is 6.07 Å². The summed E-state index contributed by atoms with van der Waals surface area (Å²) in [5.41, 5.74) is 0.251. The molecule has 1 atom stereocenters. The number of Topliss-reactive ketones (excluding diaryl/α,β-unsaturated/α-hetero) is 1. The molecular weight excluding hydrogens is 230 g/mol. The molecular formula is C11H8ClNO3. The van der Waals surface area contributed by atoms with Gasteiger partial charge in [0, 0.05) is 10.6 Å². The second kappa shape index (κ2) is 5.29. The van der Waals surface area contributed by atoms with Gasteiger partial charge in [0.25, 0.3) is 0 Å². The normalized spacial score (nSPS) is 11.3. The zero-order valence-corrected chi connectivity index (χ0v) is 9.19. The lowest BCUT2D eigenvalue weighted by Gasteiger charge is -2.05. The third kappa shape index (κ3) is 2.59. The highest BCUT2D eigenvalue weighted by molar-refractivity contribution is 6.30. The number of nitriles is 1. The van der Waals surface area contributed by atoms with Crippen molar-refractivity contribution in [3.63, 3.8) is 0 Å². The highest BCUT2D eigenvalue weighted by Crippen LogP contribution is 2.14. The highest BCUT2D eigenvalue weighted by Gasteiger charge is 2.28. The second-order valence-corrected chi connectivity index (χ2v) is 3.39. The average molecular weight is 238 g/mol. The Kier molecular flexibility index (Phi) is 4.03. The van der Waals surface area contributed by atoms with Crippen LogP contribution in [0, 0.1) is 17.2 Å². The van der Waals surface area contributed by atoms with Gasteiger partial charge in [-0.05, 0) is 24.3 Å². The van der Waals surface area contributed by atoms with Crippen molar-refractivity contribution in [1.82, 2.24) is 0 Å². The Labute approximate surface area is 97.4 Å². The molecule has 1 rings (SSSR count). The van der Waals surface area contributed by atoms with Gasteiger partial charge in [-0.1, -0.05) is 11.6 Å². The third-order valence-electron chi connectivity index (χ3n) is 1.96. The third-order valence-corrected chi connectivity index (χ3v) is 2.21. The zero-order chi connectivity index (χ0) is 12.1. The number of ether oxygens (including phenoxy) is 1. The Morgan fingerprint density at radius 3 is 2.38 bits per heavy atom. The summed E-state index contributed by atoms with van der Waals surface area (Å²) in [5.74, 6) is -2.88. The van der Waals surface area contributed by atoms with Crippen LogP contribution in [0.3, 0.4) is 0 Å². The fourth-order valence-corrected chi connectivity index (χ4v) is 1.24. The van der Waals surface area contributed by atoms with E-state index >= 15 is 0 Å². The molecule has 0 aromatic heterocycles. The highest BCUT2D eigenvalue weighted by atomic mass is 35.5. The first-order valence-electron chi connectivity index (χ1n) is 4.37. The molecule has 1 aromatic carbocycles. The van der Waals surface area contributed by atoms with E-state index in [1.165, 1.54) is 24.3 Å². The summed E-state index contributed by atoms with van der Waals surface area (Å²) in [6.45, 7) is 0. The van der Waals surface area contributed by atoms with Crippen molar-refractivity contribution in [3.05, 3.63) is 34.9 Å². The van der Waals surface area contributed by atoms with Crippen molar-refractivity contribution in [1.29, 1.82) is 5.26 Å². The molecule has 0 aliphatic heterocycles. The van der Waals surface area contributed by atoms with Gasteiger partial charge < -0.3 is 4.74 Å². The van der Waals surface area contributed by atoms with Gasteiger partial charge in [-0.25, -0.2) is 0 Å². The van der Waals surface area contributed by atoms with Crippen molar-refractivity contribution < 1.29 is 14.3 Å². The summed E-state index contributed by atoms with van der Waals surface area (Å²) >= 11 is 5.65. The van der Waals surface area contributed by atoms with Crippen LogP contribution in [0.4, 0.5) is 0 Å². The molecule has 16 heavy (non-hydrogen) atoms. The van der Waals surface area contributed by atoms with Gasteiger partial charge in [0.05, 0.1) is 13.2 Å². The predicted molar refractivity (Wildman–Crippen MR) is 56.9 cm³/mol. The molecule has 5 heteroatoms. The minimum absolute atomic E-state index is 0.251. The van der Waals surface area contributed by atoms with Crippen molar-refractivity contribution in [3.8, 4) is 6.07 Å². The molecule has 4 nitrogen and oxygen atoms in total. The van der Waals surface area contributed by atoms with Crippen molar-refractivity contribution in [2.24, 2.45) is 5.92 Å². The Morgan fingerprint density at radius 2 is 1.94 bits per heavy atom. The smallest absolute Gasteiger partial charge is 0.331 e. The van der Waals surface area contributed by atoms with Crippen LogP contribution < -0.4 is 0 Å². The van der Waals surface area contributed by atoms with E-state index in [0.717, 1.165) is 7.11 Å². The van der Waals surface area contributed by atoms with Crippen LogP contribution in [0.2, 0.25) is 5.02 Å². The summed E-state index contributed by atoms with van der Waals surface area (Å²) in [5, 5.41) is 9.19. The van der Waals surface area contributed by atoms with Crippen LogP contribution in [0.1, 0.15) is 10.4 Å². The largest absolute Gasteiger partial charge is 0.468 e. The molecule has 0 unspecified atom stereocenters. The standard InChI is InChI=1S/C11H8ClNO3/c1-16-11(15)9(6-13)10(14)7-2-4-8(12)5-3-7/h2-5,9H,1H3/t9-/m0/s1. The number of rotatable bonds is 3. The molecule has 82 valence electrons. The lowest BCUT2D eigenvalue weighted by molar-refractivity contribution is -0.141.